The molecular weight excluding hydrogens is 384 g/mol. The van der Waals surface area contributed by atoms with Crippen LogP contribution in [0.1, 0.15) is 33.0 Å². The van der Waals surface area contributed by atoms with Crippen LogP contribution < -0.4 is 5.73 Å². The number of aromatic nitrogens is 2. The molecule has 0 aliphatic carbocycles. The van der Waals surface area contributed by atoms with Crippen molar-refractivity contribution in [3.8, 4) is 0 Å². The molecule has 10 heteroatoms. The van der Waals surface area contributed by atoms with Gasteiger partial charge in [0.15, 0.2) is 6.10 Å². The number of sulfonamides is 1. The van der Waals surface area contributed by atoms with Crippen LogP contribution in [-0.2, 0) is 37.8 Å². The third kappa shape index (κ3) is 4.50. The van der Waals surface area contributed by atoms with Crippen LogP contribution in [0.4, 0.5) is 0 Å². The van der Waals surface area contributed by atoms with Gasteiger partial charge in [0.2, 0.25) is 10.0 Å². The van der Waals surface area contributed by atoms with E-state index in [-0.39, 0.29) is 17.7 Å². The van der Waals surface area contributed by atoms with Gasteiger partial charge in [0, 0.05) is 26.6 Å². The van der Waals surface area contributed by atoms with E-state index < -0.39 is 28.0 Å². The molecule has 154 valence electrons. The highest BCUT2D eigenvalue weighted by Crippen LogP contribution is 2.22. The number of nitrogens with two attached hydrogens (primary N) is 1. The van der Waals surface area contributed by atoms with Gasteiger partial charge in [0.25, 0.3) is 5.91 Å². The van der Waals surface area contributed by atoms with E-state index in [9.17, 15) is 18.0 Å². The van der Waals surface area contributed by atoms with Crippen LogP contribution in [0.5, 0.6) is 0 Å². The molecule has 1 amide bonds. The highest BCUT2D eigenvalue weighted by atomic mass is 32.2. The first-order valence-electron chi connectivity index (χ1n) is 9.06. The number of ether oxygens (including phenoxy) is 1. The molecule has 0 radical (unpaired) electrons. The second kappa shape index (κ2) is 8.70. The zero-order valence-electron chi connectivity index (χ0n) is 16.5. The molecular formula is C18H26N4O5S. The second-order valence-corrected chi connectivity index (χ2v) is 8.30. The number of amides is 1. The number of carbonyl (C=O) groups is 2. The lowest BCUT2D eigenvalue weighted by atomic mass is 10.3. The zero-order chi connectivity index (χ0) is 21.1. The van der Waals surface area contributed by atoms with Gasteiger partial charge in [-0.3, -0.25) is 9.59 Å². The van der Waals surface area contributed by atoms with Gasteiger partial charge < -0.3 is 15.0 Å². The Kier molecular flexibility index (Phi) is 6.78. The van der Waals surface area contributed by atoms with E-state index in [1.807, 2.05) is 0 Å². The number of fused-ring (bicyclic) bond motifs is 1. The van der Waals surface area contributed by atoms with E-state index >= 15 is 0 Å². The fourth-order valence-electron chi connectivity index (χ4n) is 2.85. The predicted molar refractivity (Wildman–Crippen MR) is 104 cm³/mol. The maximum absolute atomic E-state index is 12.7. The van der Waals surface area contributed by atoms with E-state index in [4.69, 9.17) is 10.5 Å². The fourth-order valence-corrected chi connectivity index (χ4v) is 4.33. The smallest absolute Gasteiger partial charge is 0.307 e. The van der Waals surface area contributed by atoms with Crippen molar-refractivity contribution in [2.45, 2.75) is 44.6 Å². The van der Waals surface area contributed by atoms with Crippen LogP contribution in [0.3, 0.4) is 0 Å². The van der Waals surface area contributed by atoms with E-state index in [0.29, 0.717) is 24.4 Å². The van der Waals surface area contributed by atoms with Gasteiger partial charge in [-0.05, 0) is 25.1 Å². The number of rotatable bonds is 9. The molecule has 9 nitrogen and oxygen atoms in total. The Morgan fingerprint density at radius 2 is 1.93 bits per heavy atom. The van der Waals surface area contributed by atoms with Gasteiger partial charge in [-0.25, -0.2) is 13.4 Å². The van der Waals surface area contributed by atoms with Gasteiger partial charge in [0.05, 0.1) is 22.3 Å². The first kappa shape index (κ1) is 21.8. The Labute approximate surface area is 164 Å². The van der Waals surface area contributed by atoms with Gasteiger partial charge in [0.1, 0.15) is 5.82 Å². The minimum atomic E-state index is -3.58. The maximum Gasteiger partial charge on any atom is 0.307 e. The Hall–Kier alpha value is -2.46. The summed E-state index contributed by atoms with van der Waals surface area (Å²) in [5.74, 6) is -0.655. The van der Waals surface area contributed by atoms with Gasteiger partial charge in [-0.1, -0.05) is 13.8 Å². The van der Waals surface area contributed by atoms with Gasteiger partial charge in [-0.2, -0.15) is 4.31 Å². The summed E-state index contributed by atoms with van der Waals surface area (Å²) in [4.78, 5) is 27.4. The van der Waals surface area contributed by atoms with Crippen LogP contribution in [0.15, 0.2) is 23.1 Å². The third-order valence-corrected chi connectivity index (χ3v) is 6.60. The summed E-state index contributed by atoms with van der Waals surface area (Å²) in [6.07, 6.45) is -0.673. The summed E-state index contributed by atoms with van der Waals surface area (Å²) < 4.78 is 33.5. The predicted octanol–water partition coefficient (Wildman–Crippen LogP) is 0.953. The average molecular weight is 410 g/mol. The molecule has 0 fully saturated rings. The normalized spacial score (nSPS) is 13.0. The topological polar surface area (TPSA) is 125 Å². The Morgan fingerprint density at radius 3 is 2.50 bits per heavy atom. The molecule has 0 saturated carbocycles. The molecule has 1 aromatic heterocycles. The van der Waals surface area contributed by atoms with E-state index in [2.05, 4.69) is 4.98 Å². The number of imidazole rings is 1. The first-order valence-corrected chi connectivity index (χ1v) is 10.5. The number of carbonyl (C=O) groups excluding carboxylic acids is 2. The molecule has 0 spiro atoms. The van der Waals surface area contributed by atoms with Crippen molar-refractivity contribution >= 4 is 32.9 Å². The van der Waals surface area contributed by atoms with Crippen LogP contribution in [-0.4, -0.2) is 53.3 Å². The fraction of sp³-hybridized carbons (Fsp3) is 0.500. The lowest BCUT2D eigenvalue weighted by Gasteiger charge is -2.18. The molecule has 1 aromatic carbocycles. The van der Waals surface area contributed by atoms with Crippen molar-refractivity contribution in [3.63, 3.8) is 0 Å². The molecule has 2 rings (SSSR count). The van der Waals surface area contributed by atoms with Gasteiger partial charge in [-0.15, -0.1) is 0 Å². The molecule has 0 bridgehead atoms. The molecule has 1 heterocycles. The highest BCUT2D eigenvalue weighted by Gasteiger charge is 2.23. The van der Waals surface area contributed by atoms with Crippen LogP contribution >= 0.6 is 0 Å². The molecule has 2 aromatic rings. The Bertz CT molecular complexity index is 979. The lowest BCUT2D eigenvalue weighted by Crippen LogP contribution is -2.30. The summed E-state index contributed by atoms with van der Waals surface area (Å²) in [5, 5.41) is 0. The van der Waals surface area contributed by atoms with Crippen molar-refractivity contribution in [2.24, 2.45) is 12.8 Å². The minimum Gasteiger partial charge on any atom is -0.453 e. The van der Waals surface area contributed by atoms with Crippen molar-refractivity contribution in [1.29, 1.82) is 0 Å². The van der Waals surface area contributed by atoms with Crippen molar-refractivity contribution in [1.82, 2.24) is 13.9 Å². The number of benzene rings is 1. The Morgan fingerprint density at radius 1 is 1.29 bits per heavy atom. The zero-order valence-corrected chi connectivity index (χ0v) is 17.3. The Balaban J connectivity index is 2.23. The molecule has 0 saturated heterocycles. The number of hydrogen-bond donors (Lipinski definition) is 1. The largest absolute Gasteiger partial charge is 0.453 e. The maximum atomic E-state index is 12.7. The van der Waals surface area contributed by atoms with Crippen LogP contribution in [0, 0.1) is 0 Å². The third-order valence-electron chi connectivity index (χ3n) is 4.55. The molecule has 0 aliphatic heterocycles. The highest BCUT2D eigenvalue weighted by molar-refractivity contribution is 7.89. The number of hydrogen-bond acceptors (Lipinski definition) is 6. The number of nitrogens with zero attached hydrogens (tertiary/aromatic N) is 3. The van der Waals surface area contributed by atoms with E-state index in [0.717, 1.165) is 5.52 Å². The average Bonchev–Trinajstić information content (AvgIpc) is 2.96. The van der Waals surface area contributed by atoms with Gasteiger partial charge >= 0.3 is 5.97 Å². The summed E-state index contributed by atoms with van der Waals surface area (Å²) in [7, 11) is -1.79. The van der Waals surface area contributed by atoms with Crippen molar-refractivity contribution in [2.75, 3.05) is 13.1 Å². The van der Waals surface area contributed by atoms with E-state index in [1.54, 1.807) is 43.7 Å². The van der Waals surface area contributed by atoms with Crippen molar-refractivity contribution in [3.05, 3.63) is 24.0 Å². The number of aryl methyl sites for hydroxylation is 2. The standard InChI is InChI=1S/C18H26N4O5S/c1-5-22(6-2)28(25,26)13-7-8-15-14(11-13)20-16(21(15)4)9-10-17(23)27-12(3)18(19)24/h7-8,11-12H,5-6,9-10H2,1-4H3,(H2,19,24). The summed E-state index contributed by atoms with van der Waals surface area (Å²) in [6.45, 7) is 5.76. The van der Waals surface area contributed by atoms with Crippen LogP contribution in [0.2, 0.25) is 0 Å². The molecule has 2 N–H and O–H groups in total. The first-order chi connectivity index (χ1) is 13.1. The number of esters is 1. The second-order valence-electron chi connectivity index (χ2n) is 6.36. The SMILES string of the molecule is CCN(CC)S(=O)(=O)c1ccc2c(c1)nc(CCC(=O)OC(C)C(N)=O)n2C. The molecule has 1 unspecified atom stereocenters. The quantitative estimate of drug-likeness (QED) is 0.614. The summed E-state index contributed by atoms with van der Waals surface area (Å²) >= 11 is 0. The van der Waals surface area contributed by atoms with Crippen molar-refractivity contribution < 1.29 is 22.7 Å². The molecule has 28 heavy (non-hydrogen) atoms. The molecule has 1 atom stereocenters. The molecule has 0 aliphatic rings. The van der Waals surface area contributed by atoms with Crippen LogP contribution in [0.25, 0.3) is 11.0 Å². The summed E-state index contributed by atoms with van der Waals surface area (Å²) in [5.41, 5.74) is 6.36. The monoisotopic (exact) mass is 410 g/mol. The summed E-state index contributed by atoms with van der Waals surface area (Å²) in [6, 6.07) is 4.81. The number of primary amides is 1. The van der Waals surface area contributed by atoms with E-state index in [1.165, 1.54) is 11.2 Å². The lowest BCUT2D eigenvalue weighted by molar-refractivity contribution is -0.153. The minimum absolute atomic E-state index is 0.0272.